The number of alkyl halides is 1. The van der Waals surface area contributed by atoms with Crippen molar-refractivity contribution >= 4 is 39.3 Å². The number of hydrogen-bond acceptors (Lipinski definition) is 4. The third kappa shape index (κ3) is 4.24. The predicted molar refractivity (Wildman–Crippen MR) is 156 cm³/mol. The fraction of sp³-hybridized carbons (Fsp3) is 0.258. The molecule has 8 nitrogen and oxygen atoms in total. The van der Waals surface area contributed by atoms with E-state index in [2.05, 4.69) is 9.97 Å². The van der Waals surface area contributed by atoms with Crippen molar-refractivity contribution in [3.05, 3.63) is 109 Å². The average Bonchev–Trinajstić information content (AvgIpc) is 3.28. The highest BCUT2D eigenvalue weighted by Gasteiger charge is 2.41. The summed E-state index contributed by atoms with van der Waals surface area (Å²) in [5.41, 5.74) is 6.75. The van der Waals surface area contributed by atoms with Crippen molar-refractivity contribution in [3.63, 3.8) is 0 Å². The smallest absolute Gasteiger partial charge is 0.333 e. The van der Waals surface area contributed by atoms with Crippen LogP contribution in [-0.2, 0) is 10.4 Å². The summed E-state index contributed by atoms with van der Waals surface area (Å²) >= 11 is 7.01. The van der Waals surface area contributed by atoms with Gasteiger partial charge in [0.2, 0.25) is 5.91 Å². The minimum Gasteiger partial charge on any atom is -0.386 e. The largest absolute Gasteiger partial charge is 0.386 e. The maximum Gasteiger partial charge on any atom is 0.333 e. The van der Waals surface area contributed by atoms with Gasteiger partial charge in [-0.25, -0.2) is 18.1 Å². The van der Waals surface area contributed by atoms with Crippen molar-refractivity contribution in [2.24, 2.45) is 5.73 Å². The van der Waals surface area contributed by atoms with Crippen LogP contribution in [0.2, 0.25) is 0 Å². The van der Waals surface area contributed by atoms with Gasteiger partial charge in [-0.1, -0.05) is 24.3 Å². The molecular weight excluding hydrogens is 566 g/mol. The Labute approximate surface area is 242 Å². The highest BCUT2D eigenvalue weighted by atomic mass is 35.5. The standard InChI is InChI=1S/C31H27ClF2N4O4/c1-13-16(5-4-6-23(13)38-29(40)19-10-15(33)11-21(34)26(19)37-30(38)41)24-20(32)12-18(28(35)39)27-25(24)17-8-7-14(31(2,3)42)9-22(17)36-27/h4-11,18,20,24,36,42H,12H2,1-3H3,(H2,35,39)(H,37,41)/t18-,20+,24+/m0/s1. The summed E-state index contributed by atoms with van der Waals surface area (Å²) in [6.07, 6.45) is 0.235. The summed E-state index contributed by atoms with van der Waals surface area (Å²) in [6.45, 7) is 5.08. The van der Waals surface area contributed by atoms with Crippen LogP contribution in [0.5, 0.6) is 0 Å². The lowest BCUT2D eigenvalue weighted by atomic mass is 9.74. The fourth-order valence-corrected chi connectivity index (χ4v) is 6.62. The summed E-state index contributed by atoms with van der Waals surface area (Å²) in [4.78, 5) is 44.8. The second-order valence-electron chi connectivity index (χ2n) is 11.3. The number of nitrogens with zero attached hydrogens (tertiary/aromatic N) is 1. The molecule has 3 atom stereocenters. The monoisotopic (exact) mass is 592 g/mol. The zero-order chi connectivity index (χ0) is 30.2. The molecular formula is C31H27ClF2N4O4. The zero-order valence-electron chi connectivity index (χ0n) is 22.9. The molecule has 0 spiro atoms. The molecule has 42 heavy (non-hydrogen) atoms. The second-order valence-corrected chi connectivity index (χ2v) is 11.9. The van der Waals surface area contributed by atoms with E-state index in [0.29, 0.717) is 34.0 Å². The molecule has 11 heteroatoms. The van der Waals surface area contributed by atoms with Crippen molar-refractivity contribution in [2.45, 2.75) is 50.0 Å². The van der Waals surface area contributed by atoms with Gasteiger partial charge in [-0.3, -0.25) is 9.59 Å². The Morgan fingerprint density at radius 2 is 1.83 bits per heavy atom. The average molecular weight is 593 g/mol. The van der Waals surface area contributed by atoms with Gasteiger partial charge >= 0.3 is 5.69 Å². The summed E-state index contributed by atoms with van der Waals surface area (Å²) in [7, 11) is 0. The number of fused-ring (bicyclic) bond motifs is 4. The van der Waals surface area contributed by atoms with Gasteiger partial charge in [0.1, 0.15) is 5.82 Å². The number of nitrogens with one attached hydrogen (secondary N) is 2. The molecule has 1 aliphatic carbocycles. The molecule has 0 saturated heterocycles. The van der Waals surface area contributed by atoms with Crippen molar-refractivity contribution in [1.29, 1.82) is 0 Å². The molecule has 0 bridgehead atoms. The molecule has 6 rings (SSSR count). The number of primary amides is 1. The molecule has 5 N–H and O–H groups in total. The Balaban J connectivity index is 1.60. The summed E-state index contributed by atoms with van der Waals surface area (Å²) < 4.78 is 29.2. The normalized spacial score (nSPS) is 18.9. The lowest BCUT2D eigenvalue weighted by Gasteiger charge is -2.33. The van der Waals surface area contributed by atoms with E-state index in [1.807, 2.05) is 18.2 Å². The molecule has 3 aromatic carbocycles. The van der Waals surface area contributed by atoms with Gasteiger partial charge < -0.3 is 20.8 Å². The first-order valence-corrected chi connectivity index (χ1v) is 13.8. The number of halogens is 3. The maximum absolute atomic E-state index is 14.4. The van der Waals surface area contributed by atoms with E-state index in [9.17, 15) is 28.3 Å². The van der Waals surface area contributed by atoms with Gasteiger partial charge in [0, 0.05) is 34.0 Å². The van der Waals surface area contributed by atoms with Gasteiger partial charge in [-0.2, -0.15) is 0 Å². The lowest BCUT2D eigenvalue weighted by Crippen LogP contribution is -2.35. The number of hydrogen-bond donors (Lipinski definition) is 4. The van der Waals surface area contributed by atoms with Crippen LogP contribution in [0.15, 0.2) is 58.1 Å². The Morgan fingerprint density at radius 3 is 2.52 bits per heavy atom. The van der Waals surface area contributed by atoms with E-state index in [4.69, 9.17) is 17.3 Å². The molecule has 1 aliphatic rings. The maximum atomic E-state index is 14.4. The zero-order valence-corrected chi connectivity index (χ0v) is 23.6. The minimum absolute atomic E-state index is 0.219. The molecule has 216 valence electrons. The molecule has 0 unspecified atom stereocenters. The number of aliphatic hydroxyl groups is 1. The first kappa shape index (κ1) is 27.9. The van der Waals surface area contributed by atoms with E-state index in [-0.39, 0.29) is 23.0 Å². The Hall–Kier alpha value is -4.28. The van der Waals surface area contributed by atoms with Crippen LogP contribution in [0.4, 0.5) is 8.78 Å². The highest BCUT2D eigenvalue weighted by Crippen LogP contribution is 2.49. The summed E-state index contributed by atoms with van der Waals surface area (Å²) in [5.74, 6) is -3.70. The third-order valence-electron chi connectivity index (χ3n) is 8.25. The Bertz CT molecular complexity index is 2060. The number of aromatic amines is 2. The first-order chi connectivity index (χ1) is 19.8. The Kier molecular flexibility index (Phi) is 6.40. The number of aromatic nitrogens is 3. The number of carbonyl (C=O) groups excluding carboxylic acids is 1. The van der Waals surface area contributed by atoms with Gasteiger partial charge in [-0.15, -0.1) is 11.6 Å². The van der Waals surface area contributed by atoms with Crippen molar-refractivity contribution in [3.8, 4) is 5.69 Å². The number of rotatable bonds is 4. The molecule has 0 saturated carbocycles. The van der Waals surface area contributed by atoms with Crippen LogP contribution in [-0.4, -0.2) is 30.9 Å². The lowest BCUT2D eigenvalue weighted by molar-refractivity contribution is -0.119. The highest BCUT2D eigenvalue weighted by molar-refractivity contribution is 6.22. The Morgan fingerprint density at radius 1 is 1.10 bits per heavy atom. The number of benzene rings is 3. The fourth-order valence-electron chi connectivity index (χ4n) is 6.18. The number of amides is 1. The second kappa shape index (κ2) is 9.64. The molecule has 1 amide bonds. The summed E-state index contributed by atoms with van der Waals surface area (Å²) in [6, 6.07) is 12.0. The topological polar surface area (TPSA) is 134 Å². The van der Waals surface area contributed by atoms with E-state index in [0.717, 1.165) is 21.6 Å². The first-order valence-electron chi connectivity index (χ1n) is 13.3. The van der Waals surface area contributed by atoms with Crippen molar-refractivity contribution < 1.29 is 18.7 Å². The van der Waals surface area contributed by atoms with E-state index in [1.165, 1.54) is 0 Å². The van der Waals surface area contributed by atoms with E-state index in [1.54, 1.807) is 39.0 Å². The van der Waals surface area contributed by atoms with Gasteiger partial charge in [0.05, 0.1) is 28.1 Å². The van der Waals surface area contributed by atoms with Crippen LogP contribution in [0.25, 0.3) is 27.5 Å². The van der Waals surface area contributed by atoms with E-state index >= 15 is 0 Å². The molecule has 2 heterocycles. The van der Waals surface area contributed by atoms with Crippen LogP contribution in [0, 0.1) is 18.6 Å². The van der Waals surface area contributed by atoms with Gasteiger partial charge in [0.15, 0.2) is 5.82 Å². The van der Waals surface area contributed by atoms with Crippen molar-refractivity contribution in [1.82, 2.24) is 14.5 Å². The molecule has 5 aromatic rings. The van der Waals surface area contributed by atoms with E-state index < -0.39 is 51.6 Å². The minimum atomic E-state index is -1.10. The van der Waals surface area contributed by atoms with Crippen LogP contribution in [0.3, 0.4) is 0 Å². The van der Waals surface area contributed by atoms with Gasteiger partial charge in [0.25, 0.3) is 5.56 Å². The quantitative estimate of drug-likeness (QED) is 0.225. The SMILES string of the molecule is Cc1c([C@H]2c3c([nH]c4cc(C(C)(C)O)ccc34)[C@@H](C(N)=O)C[C@H]2Cl)cccc1-n1c(=O)[nH]c2c(F)cc(F)cc2c1=O. The molecule has 2 aromatic heterocycles. The number of carbonyl (C=O) groups is 1. The predicted octanol–water partition coefficient (Wildman–Crippen LogP) is 4.69. The number of nitrogens with two attached hydrogens (primary N) is 1. The van der Waals surface area contributed by atoms with Crippen molar-refractivity contribution in [2.75, 3.05) is 0 Å². The molecule has 0 aliphatic heterocycles. The molecule has 0 fully saturated rings. The number of H-pyrrole nitrogens is 2. The van der Waals surface area contributed by atoms with Crippen LogP contribution in [0.1, 0.15) is 60.1 Å². The molecule has 0 radical (unpaired) electrons. The van der Waals surface area contributed by atoms with Crippen LogP contribution < -0.4 is 17.0 Å². The summed E-state index contributed by atoms with van der Waals surface area (Å²) in [5, 5.41) is 10.5. The third-order valence-corrected chi connectivity index (χ3v) is 8.68. The van der Waals surface area contributed by atoms with Gasteiger partial charge in [-0.05, 0) is 67.6 Å². The van der Waals surface area contributed by atoms with Crippen LogP contribution >= 0.6 is 11.6 Å².